The summed E-state index contributed by atoms with van der Waals surface area (Å²) in [6.45, 7) is 0. The van der Waals surface area contributed by atoms with Crippen LogP contribution in [0.1, 0.15) is 37.7 Å². The summed E-state index contributed by atoms with van der Waals surface area (Å²) in [7, 11) is 0. The molecule has 1 fully saturated rings. The first kappa shape index (κ1) is 20.2. The van der Waals surface area contributed by atoms with Gasteiger partial charge in [0.15, 0.2) is 5.11 Å². The standard InChI is InChI=1S/C23H24FN5S/c24-19-13-11-17(12-14-19)22-18(16-29(28-22)21-9-5-2-6-10-21)15-25-27-23(30)26-20-7-3-1-4-8-20/h2,5-6,9-16,20H,1,3-4,7-8H2,(H2,26,27,30). The van der Waals surface area contributed by atoms with Crippen LogP contribution in [0.25, 0.3) is 16.9 Å². The van der Waals surface area contributed by atoms with E-state index >= 15 is 0 Å². The molecule has 154 valence electrons. The van der Waals surface area contributed by atoms with Gasteiger partial charge in [0.2, 0.25) is 0 Å². The molecule has 0 saturated heterocycles. The van der Waals surface area contributed by atoms with Crippen LogP contribution < -0.4 is 10.7 Å². The Labute approximate surface area is 181 Å². The molecule has 0 atom stereocenters. The van der Waals surface area contributed by atoms with Gasteiger partial charge < -0.3 is 5.32 Å². The third kappa shape index (κ3) is 5.10. The molecule has 7 heteroatoms. The monoisotopic (exact) mass is 421 g/mol. The topological polar surface area (TPSA) is 54.2 Å². The Balaban J connectivity index is 1.53. The number of nitrogens with one attached hydrogen (secondary N) is 2. The summed E-state index contributed by atoms with van der Waals surface area (Å²) >= 11 is 5.37. The number of thiocarbonyl (C=S) groups is 1. The fourth-order valence-electron chi connectivity index (χ4n) is 3.65. The van der Waals surface area contributed by atoms with Crippen molar-refractivity contribution in [2.24, 2.45) is 5.10 Å². The van der Waals surface area contributed by atoms with Gasteiger partial charge in [0.1, 0.15) is 11.5 Å². The lowest BCUT2D eigenvalue weighted by atomic mass is 9.96. The van der Waals surface area contributed by atoms with Crippen molar-refractivity contribution in [3.8, 4) is 16.9 Å². The molecule has 0 bridgehead atoms. The first-order chi connectivity index (χ1) is 14.7. The summed E-state index contributed by atoms with van der Waals surface area (Å²) in [4.78, 5) is 0. The predicted molar refractivity (Wildman–Crippen MR) is 122 cm³/mol. The zero-order chi connectivity index (χ0) is 20.8. The van der Waals surface area contributed by atoms with Crippen LogP contribution >= 0.6 is 12.2 Å². The minimum atomic E-state index is -0.280. The maximum Gasteiger partial charge on any atom is 0.187 e. The summed E-state index contributed by atoms with van der Waals surface area (Å²) in [5.41, 5.74) is 6.18. The molecule has 1 heterocycles. The molecular weight excluding hydrogens is 397 g/mol. The minimum Gasteiger partial charge on any atom is -0.359 e. The molecule has 0 aliphatic heterocycles. The van der Waals surface area contributed by atoms with Gasteiger partial charge in [0.05, 0.1) is 11.9 Å². The van der Waals surface area contributed by atoms with Crippen LogP contribution in [-0.4, -0.2) is 27.1 Å². The smallest absolute Gasteiger partial charge is 0.187 e. The third-order valence-electron chi connectivity index (χ3n) is 5.19. The SMILES string of the molecule is Fc1ccc(-c2nn(-c3ccccc3)cc2C=NNC(=S)NC2CCCCC2)cc1. The van der Waals surface area contributed by atoms with Gasteiger partial charge in [-0.15, -0.1) is 0 Å². The second kappa shape index (κ2) is 9.63. The fourth-order valence-corrected chi connectivity index (χ4v) is 3.87. The van der Waals surface area contributed by atoms with Gasteiger partial charge in [0.25, 0.3) is 0 Å². The molecule has 2 N–H and O–H groups in total. The first-order valence-corrected chi connectivity index (χ1v) is 10.6. The summed E-state index contributed by atoms with van der Waals surface area (Å²) in [5.74, 6) is -0.280. The molecule has 0 amide bonds. The van der Waals surface area contributed by atoms with E-state index in [0.29, 0.717) is 11.2 Å². The van der Waals surface area contributed by atoms with Gasteiger partial charge >= 0.3 is 0 Å². The Hall–Kier alpha value is -3.06. The van der Waals surface area contributed by atoms with Crippen molar-refractivity contribution >= 4 is 23.5 Å². The van der Waals surface area contributed by atoms with Gasteiger partial charge in [-0.2, -0.15) is 10.2 Å². The van der Waals surface area contributed by atoms with Crippen LogP contribution in [0.3, 0.4) is 0 Å². The molecule has 1 saturated carbocycles. The second-order valence-corrected chi connectivity index (χ2v) is 7.81. The maximum atomic E-state index is 13.4. The largest absolute Gasteiger partial charge is 0.359 e. The molecule has 5 nitrogen and oxygen atoms in total. The van der Waals surface area contributed by atoms with E-state index in [1.54, 1.807) is 23.0 Å². The summed E-state index contributed by atoms with van der Waals surface area (Å²) < 4.78 is 15.2. The molecule has 30 heavy (non-hydrogen) atoms. The number of hydrogen-bond acceptors (Lipinski definition) is 3. The minimum absolute atomic E-state index is 0.280. The van der Waals surface area contributed by atoms with Gasteiger partial charge in [-0.05, 0) is 61.5 Å². The van der Waals surface area contributed by atoms with Crippen LogP contribution in [-0.2, 0) is 0 Å². The Bertz CT molecular complexity index is 1010. The third-order valence-corrected chi connectivity index (χ3v) is 5.40. The van der Waals surface area contributed by atoms with Crippen LogP contribution in [0.2, 0.25) is 0 Å². The van der Waals surface area contributed by atoms with E-state index in [1.807, 2.05) is 36.5 Å². The number of benzene rings is 2. The van der Waals surface area contributed by atoms with Crippen molar-refractivity contribution in [3.63, 3.8) is 0 Å². The molecule has 0 spiro atoms. The van der Waals surface area contributed by atoms with E-state index in [0.717, 1.165) is 35.3 Å². The van der Waals surface area contributed by atoms with Crippen LogP contribution in [0.4, 0.5) is 4.39 Å². The quantitative estimate of drug-likeness (QED) is 0.353. The van der Waals surface area contributed by atoms with Crippen molar-refractivity contribution in [1.82, 2.24) is 20.5 Å². The molecule has 0 radical (unpaired) electrons. The van der Waals surface area contributed by atoms with Crippen molar-refractivity contribution in [2.45, 2.75) is 38.1 Å². The average molecular weight is 422 g/mol. The zero-order valence-corrected chi connectivity index (χ0v) is 17.4. The number of aromatic nitrogens is 2. The Morgan fingerprint density at radius 1 is 1.07 bits per heavy atom. The van der Waals surface area contributed by atoms with Crippen molar-refractivity contribution in [3.05, 3.63) is 72.2 Å². The van der Waals surface area contributed by atoms with E-state index in [2.05, 4.69) is 15.8 Å². The highest BCUT2D eigenvalue weighted by Gasteiger charge is 2.14. The number of hydrazone groups is 1. The number of hydrogen-bond donors (Lipinski definition) is 2. The van der Waals surface area contributed by atoms with E-state index in [-0.39, 0.29) is 5.82 Å². The Morgan fingerprint density at radius 3 is 2.53 bits per heavy atom. The molecule has 4 rings (SSSR count). The molecule has 2 aromatic carbocycles. The normalized spacial score (nSPS) is 14.7. The van der Waals surface area contributed by atoms with E-state index in [1.165, 1.54) is 31.4 Å². The Morgan fingerprint density at radius 2 is 1.80 bits per heavy atom. The number of nitrogens with zero attached hydrogens (tertiary/aromatic N) is 3. The molecular formula is C23H24FN5S. The fraction of sp³-hybridized carbons (Fsp3) is 0.261. The van der Waals surface area contributed by atoms with Crippen LogP contribution in [0, 0.1) is 5.82 Å². The second-order valence-electron chi connectivity index (χ2n) is 7.40. The first-order valence-electron chi connectivity index (χ1n) is 10.2. The summed E-state index contributed by atoms with van der Waals surface area (Å²) in [6, 6.07) is 16.5. The molecule has 3 aromatic rings. The lowest BCUT2D eigenvalue weighted by molar-refractivity contribution is 0.412. The summed E-state index contributed by atoms with van der Waals surface area (Å²) in [6.07, 6.45) is 9.66. The highest BCUT2D eigenvalue weighted by atomic mass is 32.1. The van der Waals surface area contributed by atoms with Crippen molar-refractivity contribution in [2.75, 3.05) is 0 Å². The van der Waals surface area contributed by atoms with Crippen molar-refractivity contribution in [1.29, 1.82) is 0 Å². The lowest BCUT2D eigenvalue weighted by Crippen LogP contribution is -2.40. The lowest BCUT2D eigenvalue weighted by Gasteiger charge is -2.23. The van der Waals surface area contributed by atoms with Crippen molar-refractivity contribution < 1.29 is 4.39 Å². The van der Waals surface area contributed by atoms with E-state index in [4.69, 9.17) is 17.3 Å². The highest BCUT2D eigenvalue weighted by Crippen LogP contribution is 2.23. The van der Waals surface area contributed by atoms with Gasteiger partial charge in [-0.3, -0.25) is 5.43 Å². The number of halogens is 1. The molecule has 0 unspecified atom stereocenters. The predicted octanol–water partition coefficient (Wildman–Crippen LogP) is 4.81. The number of rotatable bonds is 5. The summed E-state index contributed by atoms with van der Waals surface area (Å²) in [5, 5.41) is 12.9. The van der Waals surface area contributed by atoms with Gasteiger partial charge in [-0.1, -0.05) is 37.5 Å². The van der Waals surface area contributed by atoms with Gasteiger partial charge in [0, 0.05) is 23.4 Å². The van der Waals surface area contributed by atoms with Gasteiger partial charge in [-0.25, -0.2) is 9.07 Å². The van der Waals surface area contributed by atoms with Crippen LogP contribution in [0.5, 0.6) is 0 Å². The maximum absolute atomic E-state index is 13.4. The average Bonchev–Trinajstić information content (AvgIpc) is 3.20. The van der Waals surface area contributed by atoms with E-state index in [9.17, 15) is 4.39 Å². The van der Waals surface area contributed by atoms with Crippen LogP contribution in [0.15, 0.2) is 65.9 Å². The Kier molecular flexibility index (Phi) is 6.49. The van der Waals surface area contributed by atoms with E-state index < -0.39 is 0 Å². The zero-order valence-electron chi connectivity index (χ0n) is 16.6. The number of para-hydroxylation sites is 1. The molecule has 1 aliphatic carbocycles. The highest BCUT2D eigenvalue weighted by molar-refractivity contribution is 7.80. The molecule has 1 aromatic heterocycles. The molecule has 1 aliphatic rings.